The fourth-order valence-electron chi connectivity index (χ4n) is 9.67. The lowest BCUT2D eigenvalue weighted by molar-refractivity contribution is 0.341. The van der Waals surface area contributed by atoms with Crippen LogP contribution < -0.4 is 18.9 Å². The summed E-state index contributed by atoms with van der Waals surface area (Å²) in [6, 6.07) is 49.2. The van der Waals surface area contributed by atoms with Crippen LogP contribution in [-0.4, -0.2) is 79.8 Å². The Morgan fingerprint density at radius 3 is 1.34 bits per heavy atom. The predicted molar refractivity (Wildman–Crippen MR) is 380 cm³/mol. The van der Waals surface area contributed by atoms with E-state index in [0.717, 1.165) is 49.5 Å². The van der Waals surface area contributed by atoms with Crippen LogP contribution in [0.4, 0.5) is 21.5 Å². The summed E-state index contributed by atoms with van der Waals surface area (Å²) < 4.78 is 107. The SMILES string of the molecule is C=C(O)CSc1cc(NS(=O)(=O)c2cc3cc(OCC)ccc3s2)c2ccccc2c1O.C=C(O)CSc1cc(NS(=O)(=O)c2cc3ccc(F)cc3s2)c2ccccc2c1O.C=C(O)CSc1cc(NS(=O)(=O)c2ccc3ccc(C)cc3c2)c2ccccc2c1O. The lowest BCUT2D eigenvalue weighted by atomic mass is 10.1. The largest absolute Gasteiger partial charge is 0.512 e. The molecule has 16 nitrogen and oxygen atoms in total. The second kappa shape index (κ2) is 28.2. The number of ether oxygens (including phenoxy) is 1. The molecule has 0 spiro atoms. The van der Waals surface area contributed by atoms with E-state index in [4.69, 9.17) is 4.74 Å². The van der Waals surface area contributed by atoms with Crippen molar-refractivity contribution in [3.63, 3.8) is 0 Å². The average molecular weight is 1400 g/mol. The number of aryl methyl sites for hydroxylation is 1. The summed E-state index contributed by atoms with van der Waals surface area (Å²) >= 11 is 5.63. The minimum Gasteiger partial charge on any atom is -0.512 e. The molecule has 9 N–H and O–H groups in total. The molecule has 0 unspecified atom stereocenters. The first-order valence-electron chi connectivity index (χ1n) is 27.9. The van der Waals surface area contributed by atoms with Gasteiger partial charge in [-0.2, -0.15) is 0 Å². The molecular formula is C68H58FN3O13S8. The molecule has 0 bridgehead atoms. The predicted octanol–water partition coefficient (Wildman–Crippen LogP) is 18.0. The Balaban J connectivity index is 0.000000153. The van der Waals surface area contributed by atoms with Crippen molar-refractivity contribution < 1.29 is 65.0 Å². The van der Waals surface area contributed by atoms with E-state index in [0.29, 0.717) is 80.8 Å². The van der Waals surface area contributed by atoms with E-state index in [2.05, 4.69) is 33.9 Å². The minimum absolute atomic E-state index is 0.00265. The number of halogens is 1. The van der Waals surface area contributed by atoms with Crippen LogP contribution in [-0.2, 0) is 30.1 Å². The van der Waals surface area contributed by atoms with Crippen LogP contribution in [0.1, 0.15) is 12.5 Å². The van der Waals surface area contributed by atoms with Gasteiger partial charge in [0.25, 0.3) is 30.1 Å². The van der Waals surface area contributed by atoms with E-state index < -0.39 is 35.9 Å². The van der Waals surface area contributed by atoms with Gasteiger partial charge in [0.1, 0.15) is 37.2 Å². The van der Waals surface area contributed by atoms with Crippen molar-refractivity contribution in [1.29, 1.82) is 0 Å². The van der Waals surface area contributed by atoms with Crippen molar-refractivity contribution in [3.8, 4) is 23.0 Å². The van der Waals surface area contributed by atoms with E-state index >= 15 is 0 Å². The monoisotopic (exact) mass is 1400 g/mol. The topological polar surface area (TPSA) is 269 Å². The van der Waals surface area contributed by atoms with E-state index in [1.54, 1.807) is 109 Å². The summed E-state index contributed by atoms with van der Waals surface area (Å²) in [6.07, 6.45) is 0. The molecule has 0 aliphatic heterocycles. The molecule has 25 heteroatoms. The maximum Gasteiger partial charge on any atom is 0.271 e. The van der Waals surface area contributed by atoms with Crippen LogP contribution in [0.5, 0.6) is 23.0 Å². The lowest BCUT2D eigenvalue weighted by Gasteiger charge is -2.15. The van der Waals surface area contributed by atoms with Gasteiger partial charge in [0.05, 0.1) is 77.8 Å². The first-order valence-corrected chi connectivity index (χ1v) is 37.0. The zero-order chi connectivity index (χ0) is 66.5. The number of hydrogen-bond donors (Lipinski definition) is 9. The van der Waals surface area contributed by atoms with Crippen molar-refractivity contribution in [3.05, 3.63) is 224 Å². The Bertz CT molecular complexity index is 5290. The highest BCUT2D eigenvalue weighted by atomic mass is 32.3. The van der Waals surface area contributed by atoms with E-state index in [1.807, 2.05) is 50.2 Å². The fraction of sp³-hybridized carbons (Fsp3) is 0.0882. The third-order valence-electron chi connectivity index (χ3n) is 13.9. The molecular weight excluding hydrogens is 1340 g/mol. The summed E-state index contributed by atoms with van der Waals surface area (Å²) in [5.41, 5.74) is 2.03. The van der Waals surface area contributed by atoms with Crippen LogP contribution >= 0.6 is 58.0 Å². The Morgan fingerprint density at radius 1 is 0.462 bits per heavy atom. The number of sulfonamides is 3. The average Bonchev–Trinajstić information content (AvgIpc) is 1.63. The van der Waals surface area contributed by atoms with Gasteiger partial charge >= 0.3 is 0 Å². The van der Waals surface area contributed by atoms with Crippen molar-refractivity contribution >= 4 is 168 Å². The summed E-state index contributed by atoms with van der Waals surface area (Å²) in [5.74, 6) is 0.686. The van der Waals surface area contributed by atoms with Gasteiger partial charge in [0.15, 0.2) is 0 Å². The van der Waals surface area contributed by atoms with Gasteiger partial charge in [0, 0.05) is 41.7 Å². The van der Waals surface area contributed by atoms with Crippen LogP contribution in [0.3, 0.4) is 0 Å². The van der Waals surface area contributed by atoms with Crippen LogP contribution in [0, 0.1) is 12.7 Å². The van der Waals surface area contributed by atoms with Gasteiger partial charge in [-0.15, -0.1) is 58.0 Å². The van der Waals surface area contributed by atoms with Gasteiger partial charge in [0.2, 0.25) is 0 Å². The molecule has 0 aliphatic carbocycles. The number of aromatic hydroxyl groups is 3. The van der Waals surface area contributed by atoms with Crippen molar-refractivity contribution in [2.24, 2.45) is 0 Å². The lowest BCUT2D eigenvalue weighted by Crippen LogP contribution is -2.13. The molecule has 0 aliphatic rings. The first-order chi connectivity index (χ1) is 44.3. The second-order valence-electron chi connectivity index (χ2n) is 20.8. The van der Waals surface area contributed by atoms with Crippen LogP contribution in [0.25, 0.3) is 63.3 Å². The molecule has 12 rings (SSSR count). The van der Waals surface area contributed by atoms with E-state index in [9.17, 15) is 60.3 Å². The third-order valence-corrected chi connectivity index (χ3v) is 24.5. The summed E-state index contributed by atoms with van der Waals surface area (Å²) in [5, 5.41) is 66.5. The molecule has 0 saturated heterocycles. The molecule has 0 atom stereocenters. The molecule has 2 heterocycles. The summed E-state index contributed by atoms with van der Waals surface area (Å²) in [4.78, 5) is 1.44. The number of anilines is 3. The highest BCUT2D eigenvalue weighted by Crippen LogP contribution is 2.45. The molecule has 0 fully saturated rings. The molecule has 93 heavy (non-hydrogen) atoms. The Labute approximate surface area is 556 Å². The number of phenols is 3. The number of aliphatic hydroxyl groups excluding tert-OH is 3. The molecule has 0 amide bonds. The number of aliphatic hydroxyl groups is 3. The first kappa shape index (κ1) is 67.1. The number of thiophene rings is 2. The zero-order valence-corrected chi connectivity index (χ0v) is 55.9. The van der Waals surface area contributed by atoms with Crippen molar-refractivity contribution in [2.45, 2.75) is 41.8 Å². The maximum absolute atomic E-state index is 13.5. The number of thioether (sulfide) groups is 3. The van der Waals surface area contributed by atoms with Gasteiger partial charge in [-0.3, -0.25) is 14.2 Å². The third kappa shape index (κ3) is 15.7. The van der Waals surface area contributed by atoms with Gasteiger partial charge in [-0.05, 0) is 108 Å². The molecule has 10 aromatic carbocycles. The fourth-order valence-corrected chi connectivity index (χ4v) is 18.0. The highest BCUT2D eigenvalue weighted by Gasteiger charge is 2.25. The van der Waals surface area contributed by atoms with Crippen molar-refractivity contribution in [1.82, 2.24) is 0 Å². The van der Waals surface area contributed by atoms with Gasteiger partial charge in [-0.25, -0.2) is 29.6 Å². The van der Waals surface area contributed by atoms with Gasteiger partial charge < -0.3 is 35.4 Å². The summed E-state index contributed by atoms with van der Waals surface area (Å²) in [6.45, 7) is 14.7. The molecule has 0 radical (unpaired) electrons. The van der Waals surface area contributed by atoms with Gasteiger partial charge in [-0.1, -0.05) is 128 Å². The highest BCUT2D eigenvalue weighted by molar-refractivity contribution is 8.00. The smallest absolute Gasteiger partial charge is 0.271 e. The van der Waals surface area contributed by atoms with Crippen LogP contribution in [0.15, 0.2) is 241 Å². The molecule has 478 valence electrons. The standard InChI is InChI=1S/C24H21NO4S2.C23H21NO5S3.C21H16FNO4S3/c1-15-7-8-17-9-10-19(12-18(17)11-15)31(28,29)25-22-13-23(30-14-16(2)26)24(27)21-6-4-3-5-20(21)22;1-3-29-16-8-9-20-15(10-16)11-22(31-20)32(27,28)24-19-12-21(30-13-14(2)25)23(26)18-7-5-4-6-17(18)19;1-12(24)11-28-19-10-17(15-4-2-3-5-16(15)21(19)25)23-30(26,27)20-8-13-6-7-14(22)9-18(13)29-20/h3-13,25-27H,2,14H2,1H3;4-12,24-26H,2-3,13H2,1H3;2-10,23-25H,1,11H2. The Hall–Kier alpha value is -8.79. The molecule has 2 aromatic heterocycles. The number of rotatable bonds is 20. The normalized spacial score (nSPS) is 11.7. The number of phenolic OH excluding ortho intramolecular Hbond substituents is 3. The molecule has 0 saturated carbocycles. The number of nitrogens with one attached hydrogen (secondary N) is 3. The maximum atomic E-state index is 13.5. The van der Waals surface area contributed by atoms with Crippen molar-refractivity contribution in [2.75, 3.05) is 38.0 Å². The Kier molecular flexibility index (Phi) is 20.4. The number of benzene rings is 10. The quantitative estimate of drug-likeness (QED) is 0.0195. The van der Waals surface area contributed by atoms with E-state index in [-0.39, 0.29) is 70.8 Å². The zero-order valence-electron chi connectivity index (χ0n) is 49.4. The van der Waals surface area contributed by atoms with Crippen LogP contribution in [0.2, 0.25) is 0 Å². The minimum atomic E-state index is -3.95. The number of fused-ring (bicyclic) bond motifs is 6. The van der Waals surface area contributed by atoms with E-state index in [1.165, 1.54) is 65.2 Å². The number of hydrogen-bond acceptors (Lipinski definition) is 18. The summed E-state index contributed by atoms with van der Waals surface area (Å²) in [7, 11) is -11.7. The molecule has 12 aromatic rings. The second-order valence-corrected chi connectivity index (χ2v) is 31.5. The Morgan fingerprint density at radius 2 is 0.882 bits per heavy atom.